The summed E-state index contributed by atoms with van der Waals surface area (Å²) in [4.78, 5) is 4.49. The number of hydrogen-bond acceptors (Lipinski definition) is 3. The second-order valence-electron chi connectivity index (χ2n) is 5.52. The molecule has 1 aromatic carbocycles. The quantitative estimate of drug-likeness (QED) is 0.623. The summed E-state index contributed by atoms with van der Waals surface area (Å²) in [7, 11) is 0. The van der Waals surface area contributed by atoms with E-state index in [-0.39, 0.29) is 6.04 Å². The summed E-state index contributed by atoms with van der Waals surface area (Å²) in [6.07, 6.45) is 7.05. The lowest BCUT2D eigenvalue weighted by Gasteiger charge is -2.36. The molecule has 0 aliphatic heterocycles. The van der Waals surface area contributed by atoms with Crippen molar-refractivity contribution in [1.82, 2.24) is 15.0 Å². The summed E-state index contributed by atoms with van der Waals surface area (Å²) in [6, 6.07) is 8.89. The van der Waals surface area contributed by atoms with Crippen molar-refractivity contribution >= 4 is 0 Å². The van der Waals surface area contributed by atoms with E-state index in [0.717, 1.165) is 31.6 Å². The molecule has 3 rings (SSSR count). The second-order valence-corrected chi connectivity index (χ2v) is 5.52. The van der Waals surface area contributed by atoms with E-state index in [1.807, 2.05) is 6.20 Å². The summed E-state index contributed by atoms with van der Waals surface area (Å²) in [5, 5.41) is 0. The average Bonchev–Trinajstić information content (AvgIpc) is 2.87. The number of fused-ring (bicyclic) bond motifs is 1. The van der Waals surface area contributed by atoms with Crippen LogP contribution in [0, 0.1) is 0 Å². The smallest absolute Gasteiger partial charge is 0.110 e. The molecule has 4 nitrogen and oxygen atoms in total. The first-order valence-electron chi connectivity index (χ1n) is 7.37. The van der Waals surface area contributed by atoms with Crippen molar-refractivity contribution in [3.8, 4) is 0 Å². The van der Waals surface area contributed by atoms with Gasteiger partial charge in [0, 0.05) is 37.3 Å². The number of benzene rings is 1. The fourth-order valence-electron chi connectivity index (χ4n) is 3.15. The highest BCUT2D eigenvalue weighted by molar-refractivity contribution is 5.41. The molecule has 20 heavy (non-hydrogen) atoms. The molecular weight excluding hydrogens is 248 g/mol. The summed E-state index contributed by atoms with van der Waals surface area (Å²) in [5.74, 6) is 7.42. The fourth-order valence-corrected chi connectivity index (χ4v) is 3.15. The predicted octanol–water partition coefficient (Wildman–Crippen LogP) is 2.01. The Hall–Kier alpha value is -1.65. The molecule has 3 N–H and O–H groups in total. The van der Waals surface area contributed by atoms with Gasteiger partial charge in [-0.05, 0) is 24.0 Å². The average molecular weight is 270 g/mol. The summed E-state index contributed by atoms with van der Waals surface area (Å²) in [5.41, 5.74) is 5.89. The van der Waals surface area contributed by atoms with E-state index >= 15 is 0 Å². The number of rotatable bonds is 6. The van der Waals surface area contributed by atoms with Gasteiger partial charge in [0.15, 0.2) is 0 Å². The molecule has 0 amide bonds. The van der Waals surface area contributed by atoms with Gasteiger partial charge in [-0.1, -0.05) is 31.2 Å². The highest BCUT2D eigenvalue weighted by Crippen LogP contribution is 2.37. The molecule has 0 saturated carbocycles. The molecule has 2 aromatic rings. The maximum Gasteiger partial charge on any atom is 0.110 e. The number of hydrogen-bond donors (Lipinski definition) is 2. The topological polar surface area (TPSA) is 55.9 Å². The van der Waals surface area contributed by atoms with Gasteiger partial charge in [0.1, 0.15) is 5.82 Å². The zero-order chi connectivity index (χ0) is 13.9. The van der Waals surface area contributed by atoms with Gasteiger partial charge >= 0.3 is 0 Å². The highest BCUT2D eigenvalue weighted by atomic mass is 15.2. The van der Waals surface area contributed by atoms with Crippen LogP contribution in [-0.4, -0.2) is 15.6 Å². The zero-order valence-corrected chi connectivity index (χ0v) is 11.9. The molecule has 2 atom stereocenters. The molecule has 0 radical (unpaired) electrons. The van der Waals surface area contributed by atoms with E-state index in [2.05, 4.69) is 52.4 Å². The van der Waals surface area contributed by atoms with Crippen molar-refractivity contribution in [2.24, 2.45) is 5.84 Å². The van der Waals surface area contributed by atoms with Crippen LogP contribution in [0.15, 0.2) is 36.7 Å². The third-order valence-electron chi connectivity index (χ3n) is 4.26. The molecule has 106 valence electrons. The number of nitrogens with two attached hydrogens (primary N) is 1. The van der Waals surface area contributed by atoms with Crippen molar-refractivity contribution in [3.63, 3.8) is 0 Å². The van der Waals surface area contributed by atoms with Gasteiger partial charge in [-0.15, -0.1) is 0 Å². The predicted molar refractivity (Wildman–Crippen MR) is 80.2 cm³/mol. The number of imidazole rings is 1. The molecule has 1 heterocycles. The van der Waals surface area contributed by atoms with E-state index in [4.69, 9.17) is 5.84 Å². The van der Waals surface area contributed by atoms with Crippen molar-refractivity contribution < 1.29 is 0 Å². The highest BCUT2D eigenvalue weighted by Gasteiger charge is 2.32. The van der Waals surface area contributed by atoms with E-state index in [1.165, 1.54) is 11.1 Å². The maximum absolute atomic E-state index is 5.79. The Balaban J connectivity index is 1.74. The van der Waals surface area contributed by atoms with Crippen LogP contribution >= 0.6 is 0 Å². The van der Waals surface area contributed by atoms with Crippen LogP contribution < -0.4 is 11.3 Å². The first-order valence-corrected chi connectivity index (χ1v) is 7.37. The fraction of sp³-hybridized carbons (Fsp3) is 0.438. The summed E-state index contributed by atoms with van der Waals surface area (Å²) in [6.45, 7) is 3.21. The Morgan fingerprint density at radius 2 is 2.30 bits per heavy atom. The molecule has 1 aliphatic carbocycles. The third kappa shape index (κ3) is 2.37. The number of nitrogens with one attached hydrogen (secondary N) is 1. The van der Waals surface area contributed by atoms with Crippen LogP contribution in [0.3, 0.4) is 0 Å². The van der Waals surface area contributed by atoms with E-state index < -0.39 is 0 Å². The minimum Gasteiger partial charge on any atom is -0.335 e. The Morgan fingerprint density at radius 1 is 1.45 bits per heavy atom. The lowest BCUT2D eigenvalue weighted by molar-refractivity contribution is 0.392. The van der Waals surface area contributed by atoms with Crippen LogP contribution in [0.25, 0.3) is 0 Å². The van der Waals surface area contributed by atoms with Crippen LogP contribution in [0.2, 0.25) is 0 Å². The standard InChI is InChI=1S/C16H22N4/c1-2-8-20-9-7-18-16(20)11-15(19-17)14-10-12-5-3-4-6-13(12)14/h3-7,9,14-15,19H,2,8,10-11,17H2,1H3. The van der Waals surface area contributed by atoms with Gasteiger partial charge in [0.25, 0.3) is 0 Å². The third-order valence-corrected chi connectivity index (χ3v) is 4.26. The minimum absolute atomic E-state index is 0.253. The lowest BCUT2D eigenvalue weighted by atomic mass is 9.73. The zero-order valence-electron chi connectivity index (χ0n) is 11.9. The molecule has 1 aromatic heterocycles. The Morgan fingerprint density at radius 3 is 3.05 bits per heavy atom. The molecule has 0 bridgehead atoms. The first kappa shape index (κ1) is 13.3. The van der Waals surface area contributed by atoms with Crippen molar-refractivity contribution in [1.29, 1.82) is 0 Å². The maximum atomic E-state index is 5.79. The second kappa shape index (κ2) is 5.77. The largest absolute Gasteiger partial charge is 0.335 e. The normalized spacial score (nSPS) is 18.4. The van der Waals surface area contributed by atoms with Crippen molar-refractivity contribution in [2.75, 3.05) is 0 Å². The van der Waals surface area contributed by atoms with Crippen molar-refractivity contribution in [3.05, 3.63) is 53.6 Å². The van der Waals surface area contributed by atoms with E-state index in [0.29, 0.717) is 5.92 Å². The molecular formula is C16H22N4. The molecule has 4 heteroatoms. The molecule has 0 fully saturated rings. The van der Waals surface area contributed by atoms with E-state index in [1.54, 1.807) is 0 Å². The van der Waals surface area contributed by atoms with Crippen LogP contribution in [-0.2, 0) is 19.4 Å². The van der Waals surface area contributed by atoms with E-state index in [9.17, 15) is 0 Å². The van der Waals surface area contributed by atoms with Crippen LogP contribution in [0.4, 0.5) is 0 Å². The van der Waals surface area contributed by atoms with Gasteiger partial charge < -0.3 is 4.57 Å². The number of nitrogens with zero attached hydrogens (tertiary/aromatic N) is 2. The molecule has 1 aliphatic rings. The molecule has 0 saturated heterocycles. The Bertz CT molecular complexity index is 575. The first-order chi connectivity index (χ1) is 9.83. The number of hydrazine groups is 1. The van der Waals surface area contributed by atoms with Gasteiger partial charge in [-0.25, -0.2) is 4.98 Å². The Kier molecular flexibility index (Phi) is 3.85. The monoisotopic (exact) mass is 270 g/mol. The Labute approximate surface area is 120 Å². The van der Waals surface area contributed by atoms with Gasteiger partial charge in [-0.2, -0.15) is 0 Å². The van der Waals surface area contributed by atoms with Gasteiger partial charge in [-0.3, -0.25) is 11.3 Å². The van der Waals surface area contributed by atoms with Crippen LogP contribution in [0.5, 0.6) is 0 Å². The minimum atomic E-state index is 0.253. The SMILES string of the molecule is CCCn1ccnc1CC(NN)C1Cc2ccccc21. The summed E-state index contributed by atoms with van der Waals surface area (Å²) < 4.78 is 2.23. The van der Waals surface area contributed by atoms with Crippen LogP contribution in [0.1, 0.15) is 36.2 Å². The summed E-state index contributed by atoms with van der Waals surface area (Å²) >= 11 is 0. The van der Waals surface area contributed by atoms with Crippen molar-refractivity contribution in [2.45, 2.75) is 44.7 Å². The van der Waals surface area contributed by atoms with Gasteiger partial charge in [0.2, 0.25) is 0 Å². The number of aryl methyl sites for hydroxylation is 1. The molecule has 0 spiro atoms. The number of aromatic nitrogens is 2. The molecule has 2 unspecified atom stereocenters. The van der Waals surface area contributed by atoms with Gasteiger partial charge in [0.05, 0.1) is 0 Å². The lowest BCUT2D eigenvalue weighted by Crippen LogP contribution is -2.45.